The number of nitrogens with zero attached hydrogens (tertiary/aromatic N) is 4. The summed E-state index contributed by atoms with van der Waals surface area (Å²) >= 11 is 12.0. The predicted octanol–water partition coefficient (Wildman–Crippen LogP) is 2.98. The maximum atomic E-state index is 12.3. The summed E-state index contributed by atoms with van der Waals surface area (Å²) in [7, 11) is 0. The van der Waals surface area contributed by atoms with E-state index in [2.05, 4.69) is 10.00 Å². The molecule has 1 aromatic carbocycles. The number of carbonyl (C=O) groups excluding carboxylic acids is 1. The van der Waals surface area contributed by atoms with Crippen LogP contribution < -0.4 is 0 Å². The molecule has 1 amide bonds. The summed E-state index contributed by atoms with van der Waals surface area (Å²) in [5.74, 6) is 0. The molecule has 0 atom stereocenters. The molecule has 116 valence electrons. The van der Waals surface area contributed by atoms with E-state index in [-0.39, 0.29) is 6.03 Å². The Bertz CT molecular complexity index is 665. The van der Waals surface area contributed by atoms with Crippen LogP contribution >= 0.6 is 23.2 Å². The van der Waals surface area contributed by atoms with Gasteiger partial charge in [-0.2, -0.15) is 9.78 Å². The fraction of sp³-hybridized carbons (Fsp3) is 0.333. The Balaban J connectivity index is 1.56. The van der Waals surface area contributed by atoms with Gasteiger partial charge in [0.05, 0.1) is 17.4 Å². The third kappa shape index (κ3) is 3.43. The van der Waals surface area contributed by atoms with Crippen molar-refractivity contribution in [2.75, 3.05) is 26.2 Å². The van der Waals surface area contributed by atoms with Gasteiger partial charge >= 0.3 is 6.03 Å². The van der Waals surface area contributed by atoms with Gasteiger partial charge in [-0.15, -0.1) is 0 Å². The minimum atomic E-state index is -0.135. The van der Waals surface area contributed by atoms with Crippen LogP contribution in [0.2, 0.25) is 10.0 Å². The first-order valence-corrected chi connectivity index (χ1v) is 7.84. The van der Waals surface area contributed by atoms with Gasteiger partial charge in [-0.1, -0.05) is 41.4 Å². The van der Waals surface area contributed by atoms with Crippen LogP contribution in [0.4, 0.5) is 4.79 Å². The molecule has 2 heterocycles. The first kappa shape index (κ1) is 15.3. The van der Waals surface area contributed by atoms with Gasteiger partial charge in [0, 0.05) is 37.7 Å². The second-order valence-electron chi connectivity index (χ2n) is 5.24. The molecule has 1 aliphatic heterocycles. The second-order valence-corrected chi connectivity index (χ2v) is 6.08. The third-order valence-electron chi connectivity index (χ3n) is 3.74. The van der Waals surface area contributed by atoms with E-state index >= 15 is 0 Å². The molecule has 1 saturated heterocycles. The zero-order valence-electron chi connectivity index (χ0n) is 12.0. The maximum Gasteiger partial charge on any atom is 0.344 e. The van der Waals surface area contributed by atoms with Crippen molar-refractivity contribution in [3.05, 3.63) is 52.3 Å². The smallest absolute Gasteiger partial charge is 0.320 e. The van der Waals surface area contributed by atoms with Crippen molar-refractivity contribution in [1.82, 2.24) is 19.6 Å². The molecule has 0 spiro atoms. The highest BCUT2D eigenvalue weighted by Gasteiger charge is 2.23. The number of rotatable bonds is 2. The Morgan fingerprint density at radius 1 is 1.14 bits per heavy atom. The standard InChI is InChI=1S/C15H16Cl2N4O/c16-13-9-18-21(11-13)15(22)20-7-5-19(6-8-20)10-12-3-1-2-4-14(12)17/h1-4,9,11H,5-8,10H2. The van der Waals surface area contributed by atoms with Crippen molar-refractivity contribution in [2.24, 2.45) is 0 Å². The average Bonchev–Trinajstić information content (AvgIpc) is 2.96. The van der Waals surface area contributed by atoms with Crippen LogP contribution in [-0.4, -0.2) is 51.8 Å². The van der Waals surface area contributed by atoms with E-state index in [1.807, 2.05) is 24.3 Å². The van der Waals surface area contributed by atoms with Crippen LogP contribution in [0, 0.1) is 0 Å². The highest BCUT2D eigenvalue weighted by Crippen LogP contribution is 2.18. The highest BCUT2D eigenvalue weighted by atomic mass is 35.5. The van der Waals surface area contributed by atoms with E-state index in [0.717, 1.165) is 30.2 Å². The van der Waals surface area contributed by atoms with E-state index in [9.17, 15) is 4.79 Å². The third-order valence-corrected chi connectivity index (χ3v) is 4.31. The molecule has 0 bridgehead atoms. The SMILES string of the molecule is O=C(N1CCN(Cc2ccccc2Cl)CC1)n1cc(Cl)cn1. The lowest BCUT2D eigenvalue weighted by atomic mass is 10.2. The predicted molar refractivity (Wildman–Crippen MR) is 86.3 cm³/mol. The lowest BCUT2D eigenvalue weighted by Gasteiger charge is -2.34. The molecular weight excluding hydrogens is 323 g/mol. The average molecular weight is 339 g/mol. The molecule has 1 aromatic heterocycles. The fourth-order valence-electron chi connectivity index (χ4n) is 2.52. The van der Waals surface area contributed by atoms with E-state index in [4.69, 9.17) is 23.2 Å². The van der Waals surface area contributed by atoms with Crippen LogP contribution in [-0.2, 0) is 6.54 Å². The molecule has 0 unspecified atom stereocenters. The molecule has 0 saturated carbocycles. The summed E-state index contributed by atoms with van der Waals surface area (Å²) in [6, 6.07) is 7.72. The van der Waals surface area contributed by atoms with E-state index < -0.39 is 0 Å². The zero-order valence-corrected chi connectivity index (χ0v) is 13.5. The monoisotopic (exact) mass is 338 g/mol. The zero-order chi connectivity index (χ0) is 15.5. The molecule has 1 aliphatic rings. The maximum absolute atomic E-state index is 12.3. The minimum Gasteiger partial charge on any atom is -0.320 e. The molecule has 5 nitrogen and oxygen atoms in total. The van der Waals surface area contributed by atoms with Gasteiger partial charge in [0.25, 0.3) is 0 Å². The number of carbonyl (C=O) groups is 1. The van der Waals surface area contributed by atoms with Crippen molar-refractivity contribution in [3.8, 4) is 0 Å². The van der Waals surface area contributed by atoms with E-state index in [0.29, 0.717) is 18.1 Å². The van der Waals surface area contributed by atoms with E-state index in [1.165, 1.54) is 17.1 Å². The summed E-state index contributed by atoms with van der Waals surface area (Å²) in [6.07, 6.45) is 2.99. The van der Waals surface area contributed by atoms with Crippen LogP contribution in [0.25, 0.3) is 0 Å². The Morgan fingerprint density at radius 3 is 2.50 bits per heavy atom. The molecule has 22 heavy (non-hydrogen) atoms. The summed E-state index contributed by atoms with van der Waals surface area (Å²) in [5.41, 5.74) is 1.11. The molecule has 0 radical (unpaired) electrons. The largest absolute Gasteiger partial charge is 0.344 e. The number of aromatic nitrogens is 2. The number of halogens is 2. The second kappa shape index (κ2) is 6.69. The van der Waals surface area contributed by atoms with Gasteiger partial charge < -0.3 is 4.90 Å². The minimum absolute atomic E-state index is 0.135. The van der Waals surface area contributed by atoms with Gasteiger partial charge in [0.15, 0.2) is 0 Å². The Kier molecular flexibility index (Phi) is 4.66. The normalized spacial score (nSPS) is 16.0. The van der Waals surface area contributed by atoms with Crippen molar-refractivity contribution < 1.29 is 4.79 Å². The highest BCUT2D eigenvalue weighted by molar-refractivity contribution is 6.31. The Hall–Kier alpha value is -1.56. The lowest BCUT2D eigenvalue weighted by Crippen LogP contribution is -2.49. The lowest BCUT2D eigenvalue weighted by molar-refractivity contribution is 0.134. The van der Waals surface area contributed by atoms with Crippen molar-refractivity contribution >= 4 is 29.2 Å². The molecule has 7 heteroatoms. The van der Waals surface area contributed by atoms with Crippen LogP contribution in [0.1, 0.15) is 5.56 Å². The summed E-state index contributed by atoms with van der Waals surface area (Å²) < 4.78 is 1.28. The van der Waals surface area contributed by atoms with Gasteiger partial charge in [-0.05, 0) is 11.6 Å². The van der Waals surface area contributed by atoms with Gasteiger partial charge in [-0.25, -0.2) is 4.79 Å². The number of amides is 1. The van der Waals surface area contributed by atoms with Crippen molar-refractivity contribution in [3.63, 3.8) is 0 Å². The van der Waals surface area contributed by atoms with Crippen molar-refractivity contribution in [1.29, 1.82) is 0 Å². The first-order chi connectivity index (χ1) is 10.6. The first-order valence-electron chi connectivity index (χ1n) is 7.09. The topological polar surface area (TPSA) is 41.4 Å². The molecule has 3 rings (SSSR count). The quantitative estimate of drug-likeness (QED) is 0.845. The van der Waals surface area contributed by atoms with Gasteiger partial charge in [0.2, 0.25) is 0 Å². The van der Waals surface area contributed by atoms with Crippen LogP contribution in [0.3, 0.4) is 0 Å². The van der Waals surface area contributed by atoms with Gasteiger partial charge in [-0.3, -0.25) is 4.90 Å². The summed E-state index contributed by atoms with van der Waals surface area (Å²) in [5, 5.41) is 5.20. The molecule has 2 aromatic rings. The molecule has 0 aliphatic carbocycles. The molecule has 0 N–H and O–H groups in total. The molecular formula is C15H16Cl2N4O. The fourth-order valence-corrected chi connectivity index (χ4v) is 2.85. The summed E-state index contributed by atoms with van der Waals surface area (Å²) in [6.45, 7) is 3.76. The number of hydrogen-bond acceptors (Lipinski definition) is 3. The molecule has 1 fully saturated rings. The Morgan fingerprint density at radius 2 is 1.86 bits per heavy atom. The number of hydrogen-bond donors (Lipinski definition) is 0. The number of benzene rings is 1. The van der Waals surface area contributed by atoms with Gasteiger partial charge in [0.1, 0.15) is 0 Å². The van der Waals surface area contributed by atoms with Crippen LogP contribution in [0.5, 0.6) is 0 Å². The van der Waals surface area contributed by atoms with E-state index in [1.54, 1.807) is 4.90 Å². The van der Waals surface area contributed by atoms with Crippen LogP contribution in [0.15, 0.2) is 36.7 Å². The Labute approximate surface area is 139 Å². The number of piperazine rings is 1. The van der Waals surface area contributed by atoms with Crippen molar-refractivity contribution in [2.45, 2.75) is 6.54 Å². The summed E-state index contributed by atoms with van der Waals surface area (Å²) in [4.78, 5) is 16.3.